The third-order valence-corrected chi connectivity index (χ3v) is 21.8. The number of allylic oxidation sites excluding steroid dienone is 1. The largest absolute Gasteiger partial charge is 0.311 e. The fraction of sp³-hybridized carbons (Fsp3) is 0.962. The van der Waals surface area contributed by atoms with Crippen LogP contribution < -0.4 is 31.9 Å². The minimum absolute atomic E-state index is 0.530. The van der Waals surface area contributed by atoms with Gasteiger partial charge in [0.2, 0.25) is 0 Å². The van der Waals surface area contributed by atoms with Crippen LogP contribution >= 0.6 is 0 Å². The molecule has 0 amide bonds. The van der Waals surface area contributed by atoms with Crippen LogP contribution in [-0.2, 0) is 0 Å². The highest BCUT2D eigenvalue weighted by Crippen LogP contribution is 2.61. The lowest BCUT2D eigenvalue weighted by Gasteiger charge is -2.48. The van der Waals surface area contributed by atoms with E-state index in [1.807, 2.05) is 5.57 Å². The first-order valence-electron chi connectivity index (χ1n) is 26.6. The predicted molar refractivity (Wildman–Crippen MR) is 248 cm³/mol. The summed E-state index contributed by atoms with van der Waals surface area (Å²) in [6.45, 7) is 36.0. The maximum absolute atomic E-state index is 4.63. The van der Waals surface area contributed by atoms with Crippen LogP contribution in [0.1, 0.15) is 148 Å². The Labute approximate surface area is 363 Å². The highest BCUT2D eigenvalue weighted by molar-refractivity contribution is 5.30. The van der Waals surface area contributed by atoms with Crippen LogP contribution in [0.4, 0.5) is 0 Å². The first kappa shape index (κ1) is 43.7. The zero-order valence-electron chi connectivity index (χ0n) is 40.5. The molecule has 9 rings (SSSR count). The number of nitrogens with one attached hydrogen (secondary N) is 6. The fourth-order valence-electron chi connectivity index (χ4n) is 19.8. The molecule has 6 saturated heterocycles. The molecule has 29 atom stereocenters. The average molecular weight is 815 g/mol. The second kappa shape index (κ2) is 16.8. The van der Waals surface area contributed by atoms with Crippen LogP contribution in [0, 0.1) is 101 Å². The third kappa shape index (κ3) is 6.63. The molecule has 3 aliphatic carbocycles. The van der Waals surface area contributed by atoms with Crippen molar-refractivity contribution in [3.8, 4) is 0 Å². The Morgan fingerprint density at radius 2 is 0.712 bits per heavy atom. The summed E-state index contributed by atoms with van der Waals surface area (Å²) in [5, 5.41) is 27.4. The van der Waals surface area contributed by atoms with Gasteiger partial charge in [-0.1, -0.05) is 106 Å². The summed E-state index contributed by atoms with van der Waals surface area (Å²) in [5.41, 5.74) is 1.90. The van der Waals surface area contributed by atoms with E-state index >= 15 is 0 Å². The van der Waals surface area contributed by atoms with Crippen molar-refractivity contribution in [1.29, 1.82) is 0 Å². The lowest BCUT2D eigenvalue weighted by Crippen LogP contribution is -2.57. The third-order valence-electron chi connectivity index (χ3n) is 21.8. The van der Waals surface area contributed by atoms with Crippen molar-refractivity contribution in [2.75, 3.05) is 0 Å². The van der Waals surface area contributed by atoms with Crippen LogP contribution in [-0.4, -0.2) is 72.5 Å². The smallest absolute Gasteiger partial charge is 0.0185 e. The van der Waals surface area contributed by atoms with E-state index in [0.717, 1.165) is 35.5 Å². The lowest BCUT2D eigenvalue weighted by molar-refractivity contribution is 0.0544. The number of hydrogen-bond donors (Lipinski definition) is 6. The van der Waals surface area contributed by atoms with Gasteiger partial charge in [0, 0.05) is 78.4 Å². The highest BCUT2D eigenvalue weighted by atomic mass is 15.1. The SMILES string of the molecule is CCC1C(C)NC(C2C3C=C4CC(C3)C(C3NC(C)C(CC)C3C)C3NC(C)C(CC)C3C3C(CC)C(C)NC3C4C3NC(C)C(CC)C3C3C(CC)C(C)NC23)C1C. The van der Waals surface area contributed by atoms with E-state index in [4.69, 9.17) is 0 Å². The molecule has 59 heavy (non-hydrogen) atoms. The van der Waals surface area contributed by atoms with E-state index in [2.05, 4.69) is 135 Å². The summed E-state index contributed by atoms with van der Waals surface area (Å²) in [6.07, 6.45) is 13.5. The molecule has 6 nitrogen and oxygen atoms in total. The van der Waals surface area contributed by atoms with Crippen molar-refractivity contribution < 1.29 is 0 Å². The quantitative estimate of drug-likeness (QED) is 0.138. The summed E-state index contributed by atoms with van der Waals surface area (Å²) in [6, 6.07) is 6.76. The van der Waals surface area contributed by atoms with Gasteiger partial charge >= 0.3 is 0 Å². The van der Waals surface area contributed by atoms with Gasteiger partial charge in [0.25, 0.3) is 0 Å². The zero-order chi connectivity index (χ0) is 41.9. The maximum Gasteiger partial charge on any atom is 0.0185 e. The molecule has 1 saturated carbocycles. The molecule has 336 valence electrons. The Kier molecular flexibility index (Phi) is 12.5. The molecule has 29 unspecified atom stereocenters. The molecule has 6 heteroatoms. The van der Waals surface area contributed by atoms with Crippen molar-refractivity contribution in [2.24, 2.45) is 101 Å². The van der Waals surface area contributed by atoms with Crippen LogP contribution in [0.15, 0.2) is 11.6 Å². The normalized spacial score (nSPS) is 59.2. The van der Waals surface area contributed by atoms with E-state index in [-0.39, 0.29) is 0 Å². The van der Waals surface area contributed by atoms with E-state index in [0.29, 0.717) is 138 Å². The Hall–Kier alpha value is -0.500. The Balaban J connectivity index is 1.30. The summed E-state index contributed by atoms with van der Waals surface area (Å²) >= 11 is 0. The van der Waals surface area contributed by atoms with Crippen LogP contribution in [0.25, 0.3) is 0 Å². The monoisotopic (exact) mass is 815 g/mol. The second-order valence-corrected chi connectivity index (χ2v) is 23.6. The van der Waals surface area contributed by atoms with Crippen LogP contribution in [0.5, 0.6) is 0 Å². The molecule has 9 aliphatic rings. The number of hydrogen-bond acceptors (Lipinski definition) is 6. The van der Waals surface area contributed by atoms with Gasteiger partial charge < -0.3 is 31.9 Å². The van der Waals surface area contributed by atoms with Gasteiger partial charge in [0.15, 0.2) is 0 Å². The second-order valence-electron chi connectivity index (χ2n) is 23.6. The van der Waals surface area contributed by atoms with Gasteiger partial charge in [0.05, 0.1) is 0 Å². The molecule has 0 spiro atoms. The zero-order valence-corrected chi connectivity index (χ0v) is 40.5. The first-order valence-corrected chi connectivity index (χ1v) is 26.6. The average Bonchev–Trinajstić information content (AvgIpc) is 4.01. The molecule has 0 aromatic carbocycles. The van der Waals surface area contributed by atoms with Gasteiger partial charge in [-0.15, -0.1) is 0 Å². The molecular formula is C53H94N6. The summed E-state index contributed by atoms with van der Waals surface area (Å²) in [4.78, 5) is 0. The molecule has 7 fully saturated rings. The van der Waals surface area contributed by atoms with Crippen molar-refractivity contribution >= 4 is 0 Å². The Morgan fingerprint density at radius 1 is 0.390 bits per heavy atom. The number of rotatable bonds is 8. The molecule has 0 radical (unpaired) electrons. The molecule has 0 aromatic rings. The van der Waals surface area contributed by atoms with Gasteiger partial charge in [-0.2, -0.15) is 0 Å². The Morgan fingerprint density at radius 3 is 1.10 bits per heavy atom. The van der Waals surface area contributed by atoms with Gasteiger partial charge in [0.1, 0.15) is 0 Å². The van der Waals surface area contributed by atoms with E-state index in [1.54, 1.807) is 0 Å². The molecule has 3 bridgehead atoms. The highest BCUT2D eigenvalue weighted by Gasteiger charge is 2.65. The summed E-state index contributed by atoms with van der Waals surface area (Å²) < 4.78 is 0. The summed E-state index contributed by atoms with van der Waals surface area (Å²) in [7, 11) is 0. The van der Waals surface area contributed by atoms with Crippen LogP contribution in [0.2, 0.25) is 0 Å². The minimum atomic E-state index is 0.530. The standard InChI is InChI=1S/C53H94N6/c1-15-35-24(7)48(54-26(35)9)41-32-21-33-23-34(22-32)43(52-46(39(19-5)30(13)58-52)44-37(17-3)28(11)56-50(41)44)53-47(40(20-6)31(14)59-53)45-38(18-4)29(12)57-51(45)42(33)49-25(8)36(16-2)27(10)55-49/h22,24-33,35-59H,15-21,23H2,1-14H3. The van der Waals surface area contributed by atoms with Crippen molar-refractivity contribution in [3.05, 3.63) is 11.6 Å². The first-order chi connectivity index (χ1) is 28.3. The topological polar surface area (TPSA) is 72.2 Å². The number of fused-ring (bicyclic) bond motifs is 10. The van der Waals surface area contributed by atoms with Crippen molar-refractivity contribution in [2.45, 2.75) is 221 Å². The van der Waals surface area contributed by atoms with Gasteiger partial charge in [-0.25, -0.2) is 0 Å². The predicted octanol–water partition coefficient (Wildman–Crippen LogP) is 8.87. The minimum Gasteiger partial charge on any atom is -0.311 e. The Bertz CT molecular complexity index is 1500. The van der Waals surface area contributed by atoms with Crippen LogP contribution in [0.3, 0.4) is 0 Å². The fourth-order valence-corrected chi connectivity index (χ4v) is 19.8. The lowest BCUT2D eigenvalue weighted by atomic mass is 9.59. The molecule has 6 N–H and O–H groups in total. The molecular weight excluding hydrogens is 721 g/mol. The maximum atomic E-state index is 4.63. The van der Waals surface area contributed by atoms with Crippen molar-refractivity contribution in [3.63, 3.8) is 0 Å². The summed E-state index contributed by atoms with van der Waals surface area (Å²) in [5.74, 6) is 11.7. The van der Waals surface area contributed by atoms with Gasteiger partial charge in [-0.3, -0.25) is 0 Å². The van der Waals surface area contributed by atoms with Crippen molar-refractivity contribution in [1.82, 2.24) is 31.9 Å². The molecule has 0 aromatic heterocycles. The van der Waals surface area contributed by atoms with Gasteiger partial charge in [-0.05, 0) is 149 Å². The van der Waals surface area contributed by atoms with E-state index in [9.17, 15) is 0 Å². The molecule has 6 heterocycles. The molecule has 6 aliphatic heterocycles. The van der Waals surface area contributed by atoms with E-state index < -0.39 is 0 Å². The van der Waals surface area contributed by atoms with E-state index in [1.165, 1.54) is 51.4 Å².